The molecule has 0 aromatic heterocycles. The minimum atomic E-state index is 0.0187. The molecule has 4 N–H and O–H groups in total. The third kappa shape index (κ3) is 3.61. The highest BCUT2D eigenvalue weighted by Gasteiger charge is 2.09. The molecule has 3 nitrogen and oxygen atoms in total. The van der Waals surface area contributed by atoms with Gasteiger partial charge >= 0.3 is 0 Å². The Morgan fingerprint density at radius 2 is 2.33 bits per heavy atom. The molecule has 15 heavy (non-hydrogen) atoms. The van der Waals surface area contributed by atoms with Gasteiger partial charge in [-0.25, -0.2) is 0 Å². The maximum atomic E-state index is 7.25. The molecule has 5 heteroatoms. The number of hydrogen-bond acceptors (Lipinski definition) is 2. The SMILES string of the molecule is CC(C/C=C1/NC=C(Cl)C=C1Cl)C(=N)N. The Labute approximate surface area is 99.1 Å². The lowest BCUT2D eigenvalue weighted by molar-refractivity contribution is 0.769. The fraction of sp³-hybridized carbons (Fsp3) is 0.300. The van der Waals surface area contributed by atoms with Crippen LogP contribution in [0.1, 0.15) is 13.3 Å². The van der Waals surface area contributed by atoms with Crippen molar-refractivity contribution in [2.24, 2.45) is 11.7 Å². The molecule has 82 valence electrons. The molecule has 0 fully saturated rings. The smallest absolute Gasteiger partial charge is 0.0937 e. The Balaban J connectivity index is 2.63. The normalized spacial score (nSPS) is 20.3. The number of dihydropyridines is 1. The van der Waals surface area contributed by atoms with Crippen LogP contribution >= 0.6 is 23.2 Å². The number of amidine groups is 1. The second-order valence-electron chi connectivity index (χ2n) is 3.38. The molecule has 0 aromatic rings. The summed E-state index contributed by atoms with van der Waals surface area (Å²) < 4.78 is 0. The van der Waals surface area contributed by atoms with Crippen LogP contribution in [0.25, 0.3) is 0 Å². The van der Waals surface area contributed by atoms with Gasteiger partial charge in [-0.05, 0) is 12.5 Å². The zero-order valence-corrected chi connectivity index (χ0v) is 9.86. The summed E-state index contributed by atoms with van der Waals surface area (Å²) in [6, 6.07) is 0. The van der Waals surface area contributed by atoms with Crippen LogP contribution in [-0.4, -0.2) is 5.84 Å². The van der Waals surface area contributed by atoms with E-state index in [9.17, 15) is 0 Å². The van der Waals surface area contributed by atoms with E-state index in [4.69, 9.17) is 34.3 Å². The second-order valence-corrected chi connectivity index (χ2v) is 4.22. The van der Waals surface area contributed by atoms with E-state index in [2.05, 4.69) is 5.32 Å². The molecule has 0 aliphatic carbocycles. The number of nitrogens with one attached hydrogen (secondary N) is 2. The van der Waals surface area contributed by atoms with E-state index in [1.807, 2.05) is 13.0 Å². The van der Waals surface area contributed by atoms with Gasteiger partial charge in [-0.3, -0.25) is 5.41 Å². The number of hydrogen-bond donors (Lipinski definition) is 3. The van der Waals surface area contributed by atoms with E-state index < -0.39 is 0 Å². The predicted molar refractivity (Wildman–Crippen MR) is 64.8 cm³/mol. The topological polar surface area (TPSA) is 61.9 Å². The molecule has 1 aliphatic rings. The lowest BCUT2D eigenvalue weighted by Gasteiger charge is -2.13. The van der Waals surface area contributed by atoms with Crippen LogP contribution in [0.5, 0.6) is 0 Å². The molecule has 0 spiro atoms. The van der Waals surface area contributed by atoms with E-state index in [1.165, 1.54) is 0 Å². The van der Waals surface area contributed by atoms with E-state index in [-0.39, 0.29) is 11.8 Å². The van der Waals surface area contributed by atoms with Gasteiger partial charge < -0.3 is 11.1 Å². The molecule has 0 amide bonds. The van der Waals surface area contributed by atoms with Crippen LogP contribution in [0.3, 0.4) is 0 Å². The zero-order chi connectivity index (χ0) is 11.4. The average molecular weight is 246 g/mol. The van der Waals surface area contributed by atoms with Gasteiger partial charge in [0.15, 0.2) is 0 Å². The fourth-order valence-electron chi connectivity index (χ4n) is 1.03. The van der Waals surface area contributed by atoms with Crippen molar-refractivity contribution in [3.05, 3.63) is 34.1 Å². The molecule has 1 heterocycles. The molecule has 0 saturated heterocycles. The van der Waals surface area contributed by atoms with Crippen molar-refractivity contribution in [3.63, 3.8) is 0 Å². The van der Waals surface area contributed by atoms with Crippen LogP contribution in [0.15, 0.2) is 34.1 Å². The van der Waals surface area contributed by atoms with E-state index in [1.54, 1.807) is 12.3 Å². The summed E-state index contributed by atoms with van der Waals surface area (Å²) >= 11 is 11.7. The highest BCUT2D eigenvalue weighted by Crippen LogP contribution is 2.22. The summed E-state index contributed by atoms with van der Waals surface area (Å²) in [4.78, 5) is 0. The summed E-state index contributed by atoms with van der Waals surface area (Å²) in [5.74, 6) is 0.196. The van der Waals surface area contributed by atoms with Crippen molar-refractivity contribution in [1.82, 2.24) is 5.32 Å². The quantitative estimate of drug-likeness (QED) is 0.529. The highest BCUT2D eigenvalue weighted by molar-refractivity contribution is 6.36. The summed E-state index contributed by atoms with van der Waals surface area (Å²) in [7, 11) is 0. The predicted octanol–water partition coefficient (Wildman–Crippen LogP) is 2.64. The Hall–Kier alpha value is -0.930. The molecular formula is C10H13Cl2N3. The van der Waals surface area contributed by atoms with Gasteiger partial charge in [0.05, 0.1) is 21.6 Å². The monoisotopic (exact) mass is 245 g/mol. The Kier molecular flexibility index (Phi) is 4.24. The lowest BCUT2D eigenvalue weighted by Crippen LogP contribution is -2.19. The van der Waals surface area contributed by atoms with Gasteiger partial charge in [0.25, 0.3) is 0 Å². The van der Waals surface area contributed by atoms with E-state index >= 15 is 0 Å². The van der Waals surface area contributed by atoms with Gasteiger partial charge in [-0.2, -0.15) is 0 Å². The highest BCUT2D eigenvalue weighted by atomic mass is 35.5. The van der Waals surface area contributed by atoms with Crippen LogP contribution < -0.4 is 11.1 Å². The van der Waals surface area contributed by atoms with Crippen molar-refractivity contribution in [3.8, 4) is 0 Å². The Bertz CT molecular complexity index is 356. The zero-order valence-electron chi connectivity index (χ0n) is 8.35. The molecule has 1 atom stereocenters. The third-order valence-corrected chi connectivity index (χ3v) is 2.62. The minimum absolute atomic E-state index is 0.0187. The van der Waals surface area contributed by atoms with Crippen LogP contribution in [0, 0.1) is 11.3 Å². The van der Waals surface area contributed by atoms with E-state index in [0.717, 1.165) is 5.70 Å². The number of allylic oxidation sites excluding steroid dienone is 4. The lowest BCUT2D eigenvalue weighted by atomic mass is 10.1. The molecular weight excluding hydrogens is 233 g/mol. The molecule has 0 saturated carbocycles. The molecule has 0 bridgehead atoms. The Morgan fingerprint density at radius 3 is 2.87 bits per heavy atom. The first-order valence-electron chi connectivity index (χ1n) is 4.54. The standard InChI is InChI=1S/C10H13Cl2N3/c1-6(10(13)14)2-3-9-8(12)4-7(11)5-15-9/h3-6,15H,2H2,1H3,(H3,13,14)/b9-3+. The summed E-state index contributed by atoms with van der Waals surface area (Å²) in [6.07, 6.45) is 5.92. The maximum absolute atomic E-state index is 7.25. The molecule has 0 aromatic carbocycles. The van der Waals surface area contributed by atoms with Crippen molar-refractivity contribution < 1.29 is 0 Å². The molecule has 1 unspecified atom stereocenters. The number of nitrogens with two attached hydrogens (primary N) is 1. The summed E-state index contributed by atoms with van der Waals surface area (Å²) in [6.45, 7) is 1.89. The molecule has 0 radical (unpaired) electrons. The van der Waals surface area contributed by atoms with Gasteiger partial charge in [0, 0.05) is 12.1 Å². The number of halogens is 2. The van der Waals surface area contributed by atoms with Crippen LogP contribution in [-0.2, 0) is 0 Å². The van der Waals surface area contributed by atoms with Gasteiger partial charge in [0.1, 0.15) is 0 Å². The van der Waals surface area contributed by atoms with Crippen molar-refractivity contribution >= 4 is 29.0 Å². The first kappa shape index (κ1) is 12.1. The summed E-state index contributed by atoms with van der Waals surface area (Å²) in [5, 5.41) is 11.4. The minimum Gasteiger partial charge on any atom is -0.387 e. The van der Waals surface area contributed by atoms with Crippen molar-refractivity contribution in [2.45, 2.75) is 13.3 Å². The van der Waals surface area contributed by atoms with Crippen LogP contribution in [0.2, 0.25) is 0 Å². The molecule has 1 rings (SSSR count). The van der Waals surface area contributed by atoms with E-state index in [0.29, 0.717) is 16.5 Å². The Morgan fingerprint density at radius 1 is 1.67 bits per heavy atom. The van der Waals surface area contributed by atoms with Crippen molar-refractivity contribution in [2.75, 3.05) is 0 Å². The first-order valence-corrected chi connectivity index (χ1v) is 5.30. The molecule has 1 aliphatic heterocycles. The number of rotatable bonds is 3. The first-order chi connectivity index (χ1) is 7.00. The van der Waals surface area contributed by atoms with Gasteiger partial charge in [-0.15, -0.1) is 0 Å². The average Bonchev–Trinajstić information content (AvgIpc) is 2.15. The maximum Gasteiger partial charge on any atom is 0.0937 e. The third-order valence-electron chi connectivity index (χ3n) is 2.09. The van der Waals surface area contributed by atoms with Gasteiger partial charge in [0.2, 0.25) is 0 Å². The van der Waals surface area contributed by atoms with Gasteiger partial charge in [-0.1, -0.05) is 36.2 Å². The largest absolute Gasteiger partial charge is 0.387 e. The second kappa shape index (κ2) is 5.24. The van der Waals surface area contributed by atoms with Crippen molar-refractivity contribution in [1.29, 1.82) is 5.41 Å². The fourth-order valence-corrected chi connectivity index (χ4v) is 1.50. The summed E-state index contributed by atoms with van der Waals surface area (Å²) in [5.41, 5.74) is 6.16. The van der Waals surface area contributed by atoms with Crippen LogP contribution in [0.4, 0.5) is 0 Å².